The number of rotatable bonds is 13. The van der Waals surface area contributed by atoms with Crippen molar-refractivity contribution in [2.45, 2.75) is 63.1 Å². The third-order valence-electron chi connectivity index (χ3n) is 8.15. The monoisotopic (exact) mass is 683 g/mol. The molecule has 1 aliphatic heterocycles. The van der Waals surface area contributed by atoms with E-state index in [9.17, 15) is 14.7 Å². The van der Waals surface area contributed by atoms with Crippen molar-refractivity contribution in [3.05, 3.63) is 101 Å². The zero-order chi connectivity index (χ0) is 33.8. The molecule has 6 rings (SSSR count). The van der Waals surface area contributed by atoms with Gasteiger partial charge in [0.15, 0.2) is 21.6 Å². The number of anilines is 1. The fourth-order valence-electron chi connectivity index (χ4n) is 5.71. The fraction of sp³-hybridized carbons (Fsp3) is 0.306. The van der Waals surface area contributed by atoms with Gasteiger partial charge in [-0.3, -0.25) is 14.5 Å². The number of unbranched alkanes of at least 4 members (excludes halogenated alkanes) is 2. The highest BCUT2D eigenvalue weighted by atomic mass is 32.2. The first kappa shape index (κ1) is 33.2. The summed E-state index contributed by atoms with van der Waals surface area (Å²) in [5, 5.41) is 20.8. The minimum Gasteiger partial charge on any atom is -0.505 e. The Morgan fingerprint density at radius 2 is 1.79 bits per heavy atom. The predicted octanol–water partition coefficient (Wildman–Crippen LogP) is 7.69. The third-order valence-corrected chi connectivity index (χ3v) is 10.3. The van der Waals surface area contributed by atoms with Crippen molar-refractivity contribution in [3.63, 3.8) is 0 Å². The molecule has 0 radical (unpaired) electrons. The molecule has 0 aliphatic carbocycles. The van der Waals surface area contributed by atoms with Crippen LogP contribution in [0.15, 0.2) is 76.8 Å². The SMILES string of the molecule is CCCCCOc1ccc(C2/C(=C(\O)c3nc4c(C)cccn4c3C)C(=O)C(=O)N2c2nnc(SCc3ccccc3)s2)cc1OCC. The van der Waals surface area contributed by atoms with E-state index in [0.29, 0.717) is 51.7 Å². The lowest BCUT2D eigenvalue weighted by molar-refractivity contribution is -0.132. The summed E-state index contributed by atoms with van der Waals surface area (Å²) in [6, 6.07) is 18.1. The summed E-state index contributed by atoms with van der Waals surface area (Å²) in [6.07, 6.45) is 4.87. The quantitative estimate of drug-likeness (QED) is 0.0333. The van der Waals surface area contributed by atoms with Gasteiger partial charge in [0.05, 0.1) is 30.5 Å². The number of ether oxygens (including phenoxy) is 2. The first-order chi connectivity index (χ1) is 23.3. The summed E-state index contributed by atoms with van der Waals surface area (Å²) >= 11 is 2.71. The zero-order valence-electron chi connectivity index (χ0n) is 27.3. The van der Waals surface area contributed by atoms with Gasteiger partial charge in [0.1, 0.15) is 11.3 Å². The normalized spacial score (nSPS) is 15.8. The lowest BCUT2D eigenvalue weighted by Crippen LogP contribution is -2.29. The Labute approximate surface area is 287 Å². The average Bonchev–Trinajstić information content (AvgIpc) is 3.78. The first-order valence-electron chi connectivity index (χ1n) is 16.0. The Morgan fingerprint density at radius 3 is 2.54 bits per heavy atom. The number of thioether (sulfide) groups is 1. The summed E-state index contributed by atoms with van der Waals surface area (Å²) in [5.74, 6) is -0.293. The van der Waals surface area contributed by atoms with Crippen LogP contribution in [-0.4, -0.2) is 49.6 Å². The number of aryl methyl sites for hydroxylation is 2. The van der Waals surface area contributed by atoms with Crippen LogP contribution in [0.25, 0.3) is 11.4 Å². The number of aromatic nitrogens is 4. The van der Waals surface area contributed by atoms with E-state index in [0.717, 1.165) is 30.4 Å². The Kier molecular flexibility index (Phi) is 10.1. The molecule has 0 bridgehead atoms. The smallest absolute Gasteiger partial charge is 0.301 e. The number of ketones is 1. The number of aliphatic hydroxyl groups is 1. The number of carbonyl (C=O) groups is 2. The third kappa shape index (κ3) is 6.54. The molecule has 1 saturated heterocycles. The maximum Gasteiger partial charge on any atom is 0.301 e. The molecule has 2 aromatic carbocycles. The van der Waals surface area contributed by atoms with Crippen molar-refractivity contribution >= 4 is 51.3 Å². The van der Waals surface area contributed by atoms with Crippen molar-refractivity contribution in [1.29, 1.82) is 0 Å². The van der Waals surface area contributed by atoms with E-state index in [1.165, 1.54) is 28.0 Å². The Morgan fingerprint density at radius 1 is 0.979 bits per heavy atom. The van der Waals surface area contributed by atoms with Crippen LogP contribution in [0.1, 0.15) is 67.2 Å². The number of benzene rings is 2. The van der Waals surface area contributed by atoms with Gasteiger partial charge in [-0.25, -0.2) is 4.98 Å². The molecule has 0 spiro atoms. The van der Waals surface area contributed by atoms with E-state index in [-0.39, 0.29) is 22.2 Å². The molecule has 1 fully saturated rings. The minimum absolute atomic E-state index is 0.0862. The highest BCUT2D eigenvalue weighted by molar-refractivity contribution is 8.00. The molecule has 248 valence electrons. The lowest BCUT2D eigenvalue weighted by atomic mass is 9.96. The molecule has 1 amide bonds. The van der Waals surface area contributed by atoms with Crippen LogP contribution in [0, 0.1) is 13.8 Å². The van der Waals surface area contributed by atoms with E-state index >= 15 is 0 Å². The van der Waals surface area contributed by atoms with E-state index in [2.05, 4.69) is 17.1 Å². The molecule has 10 nitrogen and oxygen atoms in total. The zero-order valence-corrected chi connectivity index (χ0v) is 28.9. The molecule has 1 aliphatic rings. The van der Waals surface area contributed by atoms with Crippen LogP contribution in [0.5, 0.6) is 11.5 Å². The molecule has 5 aromatic rings. The fourth-order valence-corrected chi connectivity index (χ4v) is 7.54. The van der Waals surface area contributed by atoms with Crippen LogP contribution >= 0.6 is 23.1 Å². The number of nitrogens with zero attached hydrogens (tertiary/aromatic N) is 5. The number of carbonyl (C=O) groups excluding carboxylic acids is 2. The molecule has 48 heavy (non-hydrogen) atoms. The van der Waals surface area contributed by atoms with Gasteiger partial charge >= 0.3 is 5.91 Å². The average molecular weight is 684 g/mol. The van der Waals surface area contributed by atoms with Crippen molar-refractivity contribution in [2.75, 3.05) is 18.1 Å². The molecule has 4 heterocycles. The van der Waals surface area contributed by atoms with E-state index in [4.69, 9.17) is 14.5 Å². The number of hydrogen-bond acceptors (Lipinski definition) is 10. The number of aliphatic hydroxyl groups excluding tert-OH is 1. The summed E-state index contributed by atoms with van der Waals surface area (Å²) in [7, 11) is 0. The number of fused-ring (bicyclic) bond motifs is 1. The molecule has 0 saturated carbocycles. The Bertz CT molecular complexity index is 1990. The first-order valence-corrected chi connectivity index (χ1v) is 17.8. The van der Waals surface area contributed by atoms with Gasteiger partial charge in [-0.15, -0.1) is 10.2 Å². The highest BCUT2D eigenvalue weighted by Gasteiger charge is 2.49. The minimum atomic E-state index is -1.02. The van der Waals surface area contributed by atoms with E-state index < -0.39 is 17.7 Å². The number of hydrogen-bond donors (Lipinski definition) is 1. The summed E-state index contributed by atoms with van der Waals surface area (Å²) in [6.45, 7) is 8.67. The van der Waals surface area contributed by atoms with E-state index in [1.54, 1.807) is 18.2 Å². The molecule has 3 aromatic heterocycles. The largest absolute Gasteiger partial charge is 0.505 e. The second-order valence-corrected chi connectivity index (χ2v) is 13.6. The van der Waals surface area contributed by atoms with Crippen LogP contribution in [0.4, 0.5) is 5.13 Å². The van der Waals surface area contributed by atoms with Crippen LogP contribution in [0.2, 0.25) is 0 Å². The van der Waals surface area contributed by atoms with Crippen molar-refractivity contribution in [3.8, 4) is 11.5 Å². The van der Waals surface area contributed by atoms with Gasteiger partial charge in [-0.1, -0.05) is 85.3 Å². The van der Waals surface area contributed by atoms with Crippen LogP contribution in [0.3, 0.4) is 0 Å². The molecule has 1 unspecified atom stereocenters. The standard InChI is InChI=1S/C36H37N5O5S2/c1-5-7-11-19-46-26-17-16-25(20-27(26)45-6-2)30-28(31(42)29-23(4)40-18-12-13-22(3)33(40)37-29)32(43)34(44)41(30)35-38-39-36(48-35)47-21-24-14-9-8-10-15-24/h8-10,12-18,20,30,42H,5-7,11,19,21H2,1-4H3/b31-28+. The summed E-state index contributed by atoms with van der Waals surface area (Å²) in [5.41, 5.74) is 4.00. The van der Waals surface area contributed by atoms with Gasteiger partial charge in [0.2, 0.25) is 5.13 Å². The van der Waals surface area contributed by atoms with Gasteiger partial charge in [0, 0.05) is 11.9 Å². The summed E-state index contributed by atoms with van der Waals surface area (Å²) in [4.78, 5) is 33.9. The van der Waals surface area contributed by atoms with Crippen molar-refractivity contribution in [2.24, 2.45) is 0 Å². The number of pyridine rings is 1. The van der Waals surface area contributed by atoms with Crippen LogP contribution < -0.4 is 14.4 Å². The van der Waals surface area contributed by atoms with Gasteiger partial charge in [-0.2, -0.15) is 0 Å². The van der Waals surface area contributed by atoms with Crippen LogP contribution in [-0.2, 0) is 15.3 Å². The summed E-state index contributed by atoms with van der Waals surface area (Å²) < 4.78 is 14.5. The van der Waals surface area contributed by atoms with Gasteiger partial charge in [-0.05, 0) is 62.1 Å². The molecule has 1 atom stereocenters. The second-order valence-electron chi connectivity index (χ2n) is 11.4. The number of imidazole rings is 1. The number of amides is 1. The second kappa shape index (κ2) is 14.6. The van der Waals surface area contributed by atoms with Gasteiger partial charge in [0.25, 0.3) is 5.78 Å². The topological polar surface area (TPSA) is 119 Å². The Hall–Kier alpha value is -4.68. The maximum absolute atomic E-state index is 13.9. The molecular formula is C36H37N5O5S2. The Balaban J connectivity index is 1.45. The van der Waals surface area contributed by atoms with Crippen molar-refractivity contribution < 1.29 is 24.2 Å². The predicted molar refractivity (Wildman–Crippen MR) is 188 cm³/mol. The lowest BCUT2D eigenvalue weighted by Gasteiger charge is -2.23. The molecule has 1 N–H and O–H groups in total. The van der Waals surface area contributed by atoms with Gasteiger partial charge < -0.3 is 19.0 Å². The molecular weight excluding hydrogens is 647 g/mol. The van der Waals surface area contributed by atoms with Crippen molar-refractivity contribution in [1.82, 2.24) is 19.6 Å². The number of Topliss-reactive ketones (excluding diaryl/α,β-unsaturated/α-hetero) is 1. The molecule has 12 heteroatoms. The maximum atomic E-state index is 13.9. The van der Waals surface area contributed by atoms with E-state index in [1.807, 2.05) is 73.8 Å². The highest BCUT2D eigenvalue weighted by Crippen LogP contribution is 2.46.